The van der Waals surface area contributed by atoms with E-state index in [4.69, 9.17) is 10.5 Å². The van der Waals surface area contributed by atoms with E-state index in [0.29, 0.717) is 11.1 Å². The van der Waals surface area contributed by atoms with Gasteiger partial charge in [0.1, 0.15) is 29.6 Å². The molecule has 1 aromatic carbocycles. The zero-order valence-corrected chi connectivity index (χ0v) is 13.4. The van der Waals surface area contributed by atoms with Gasteiger partial charge in [-0.05, 0) is 24.3 Å². The Balaban J connectivity index is 1.81. The van der Waals surface area contributed by atoms with Crippen LogP contribution in [0.2, 0.25) is 0 Å². The van der Waals surface area contributed by atoms with Crippen molar-refractivity contribution in [2.24, 2.45) is 0 Å². The van der Waals surface area contributed by atoms with Crippen molar-refractivity contribution in [2.45, 2.75) is 24.5 Å². The second kappa shape index (κ2) is 6.25. The van der Waals surface area contributed by atoms with E-state index < -0.39 is 31.1 Å². The number of nitrogens with two attached hydrogens (primary N) is 1. The zero-order chi connectivity index (χ0) is 18.4. The average molecular weight is 361 g/mol. The largest absolute Gasteiger partial charge is 0.394 e. The summed E-state index contributed by atoms with van der Waals surface area (Å²) in [5, 5.41) is 29.4. The number of benzene rings is 1. The van der Waals surface area contributed by atoms with Gasteiger partial charge in [-0.2, -0.15) is 0 Å². The van der Waals surface area contributed by atoms with Gasteiger partial charge in [-0.3, -0.25) is 4.57 Å². The standard InChI is InChI=1S/C16H16FN5O4/c17-8-3-1-7(2-4-8)14-20-13(18)10-15(21-14)22(6-19-10)16-12(25)11(24)9(5-23)26-16/h1-4,6,9,11-12,16,23-25H,5H2,(H2,18,20,21)/t9-,11-,12-,16-/m1/s1. The van der Waals surface area contributed by atoms with Crippen molar-refractivity contribution in [1.82, 2.24) is 19.5 Å². The smallest absolute Gasteiger partial charge is 0.168 e. The summed E-state index contributed by atoms with van der Waals surface area (Å²) in [6.07, 6.45) is -3.09. The van der Waals surface area contributed by atoms with Crippen LogP contribution in [0.5, 0.6) is 0 Å². The van der Waals surface area contributed by atoms with Crippen LogP contribution in [0.1, 0.15) is 6.23 Å². The Morgan fingerprint density at radius 1 is 1.15 bits per heavy atom. The molecule has 136 valence electrons. The number of halogens is 1. The Labute approximate surface area is 146 Å². The maximum absolute atomic E-state index is 13.1. The highest BCUT2D eigenvalue weighted by atomic mass is 19.1. The van der Waals surface area contributed by atoms with Crippen LogP contribution >= 0.6 is 0 Å². The number of anilines is 1. The van der Waals surface area contributed by atoms with Crippen molar-refractivity contribution in [1.29, 1.82) is 0 Å². The molecule has 0 spiro atoms. The van der Waals surface area contributed by atoms with E-state index in [0.717, 1.165) is 0 Å². The SMILES string of the molecule is Nc1nc(-c2ccc(F)cc2)nc2c1ncn2[C@@H]1O[C@H](CO)[C@@H](O)[C@H]1O. The molecule has 10 heteroatoms. The molecule has 0 aliphatic carbocycles. The van der Waals surface area contributed by atoms with Crippen LogP contribution in [-0.2, 0) is 4.74 Å². The maximum atomic E-state index is 13.1. The van der Waals surface area contributed by atoms with Gasteiger partial charge in [0.2, 0.25) is 0 Å². The van der Waals surface area contributed by atoms with E-state index in [1.165, 1.54) is 35.2 Å². The van der Waals surface area contributed by atoms with Crippen molar-refractivity contribution in [2.75, 3.05) is 12.3 Å². The van der Waals surface area contributed by atoms with Crippen molar-refractivity contribution in [3.05, 3.63) is 36.4 Å². The quantitative estimate of drug-likeness (QED) is 0.504. The molecule has 4 rings (SSSR count). The fourth-order valence-corrected chi connectivity index (χ4v) is 2.96. The summed E-state index contributed by atoms with van der Waals surface area (Å²) in [5.74, 6) is -0.0253. The van der Waals surface area contributed by atoms with Gasteiger partial charge < -0.3 is 25.8 Å². The van der Waals surface area contributed by atoms with Crippen molar-refractivity contribution in [3.8, 4) is 11.4 Å². The molecule has 26 heavy (non-hydrogen) atoms. The zero-order valence-electron chi connectivity index (χ0n) is 13.4. The number of aliphatic hydroxyl groups excluding tert-OH is 3. The first kappa shape index (κ1) is 16.8. The lowest BCUT2D eigenvalue weighted by molar-refractivity contribution is -0.0511. The molecule has 0 unspecified atom stereocenters. The van der Waals surface area contributed by atoms with Gasteiger partial charge in [0, 0.05) is 5.56 Å². The summed E-state index contributed by atoms with van der Waals surface area (Å²) >= 11 is 0. The molecular weight excluding hydrogens is 345 g/mol. The molecule has 4 atom stereocenters. The Morgan fingerprint density at radius 2 is 1.88 bits per heavy atom. The fraction of sp³-hybridized carbons (Fsp3) is 0.312. The summed E-state index contributed by atoms with van der Waals surface area (Å²) in [7, 11) is 0. The topological polar surface area (TPSA) is 140 Å². The lowest BCUT2D eigenvalue weighted by Gasteiger charge is -2.16. The lowest BCUT2D eigenvalue weighted by atomic mass is 10.1. The van der Waals surface area contributed by atoms with Gasteiger partial charge in [-0.25, -0.2) is 19.3 Å². The first-order valence-corrected chi connectivity index (χ1v) is 7.88. The second-order valence-electron chi connectivity index (χ2n) is 5.99. The van der Waals surface area contributed by atoms with Crippen LogP contribution in [0.3, 0.4) is 0 Å². The summed E-state index contributed by atoms with van der Waals surface area (Å²) in [4.78, 5) is 12.7. The van der Waals surface area contributed by atoms with Crippen molar-refractivity contribution < 1.29 is 24.4 Å². The molecule has 0 bridgehead atoms. The predicted molar refractivity (Wildman–Crippen MR) is 88.1 cm³/mol. The van der Waals surface area contributed by atoms with E-state index in [9.17, 15) is 19.7 Å². The molecule has 0 amide bonds. The normalized spacial score (nSPS) is 25.8. The summed E-state index contributed by atoms with van der Waals surface area (Å²) in [5.41, 5.74) is 7.09. The van der Waals surface area contributed by atoms with Crippen LogP contribution in [0.4, 0.5) is 10.2 Å². The van der Waals surface area contributed by atoms with Gasteiger partial charge in [-0.15, -0.1) is 0 Å². The number of aliphatic hydroxyl groups is 3. The highest BCUT2D eigenvalue weighted by Gasteiger charge is 2.44. The number of nitrogen functional groups attached to an aromatic ring is 1. The van der Waals surface area contributed by atoms with Crippen LogP contribution in [0, 0.1) is 5.82 Å². The molecule has 1 fully saturated rings. The minimum Gasteiger partial charge on any atom is -0.394 e. The third-order valence-corrected chi connectivity index (χ3v) is 4.34. The van der Waals surface area contributed by atoms with Crippen LogP contribution in [0.25, 0.3) is 22.6 Å². The molecule has 0 radical (unpaired) electrons. The highest BCUT2D eigenvalue weighted by molar-refractivity contribution is 5.83. The Kier molecular flexibility index (Phi) is 4.04. The van der Waals surface area contributed by atoms with E-state index in [2.05, 4.69) is 15.0 Å². The number of hydrogen-bond acceptors (Lipinski definition) is 8. The lowest BCUT2D eigenvalue weighted by Crippen LogP contribution is -2.33. The van der Waals surface area contributed by atoms with Crippen LogP contribution in [-0.4, -0.2) is 59.8 Å². The van der Waals surface area contributed by atoms with Gasteiger partial charge >= 0.3 is 0 Å². The van der Waals surface area contributed by atoms with Gasteiger partial charge in [0.05, 0.1) is 12.9 Å². The van der Waals surface area contributed by atoms with E-state index in [1.54, 1.807) is 0 Å². The minimum atomic E-state index is -1.28. The number of hydrogen-bond donors (Lipinski definition) is 4. The first-order chi connectivity index (χ1) is 12.5. The molecule has 5 N–H and O–H groups in total. The van der Waals surface area contributed by atoms with Crippen LogP contribution in [0.15, 0.2) is 30.6 Å². The third-order valence-electron chi connectivity index (χ3n) is 4.34. The monoisotopic (exact) mass is 361 g/mol. The maximum Gasteiger partial charge on any atom is 0.168 e. The Hall–Kier alpha value is -2.66. The summed E-state index contributed by atoms with van der Waals surface area (Å²) in [6, 6.07) is 5.59. The predicted octanol–water partition coefficient (Wildman–Crippen LogP) is -0.174. The molecule has 0 saturated carbocycles. The molecule has 2 aromatic heterocycles. The molecule has 3 heterocycles. The highest BCUT2D eigenvalue weighted by Crippen LogP contribution is 2.32. The van der Waals surface area contributed by atoms with Gasteiger partial charge in [0.15, 0.2) is 23.5 Å². The van der Waals surface area contributed by atoms with E-state index in [1.807, 2.05) is 0 Å². The number of imidazole rings is 1. The molecular formula is C16H16FN5O4. The average Bonchev–Trinajstić information content (AvgIpc) is 3.18. The summed E-state index contributed by atoms with van der Waals surface area (Å²) in [6.45, 7) is -0.445. The van der Waals surface area contributed by atoms with Gasteiger partial charge in [0.25, 0.3) is 0 Å². The number of rotatable bonds is 3. The van der Waals surface area contributed by atoms with Crippen LogP contribution < -0.4 is 5.73 Å². The first-order valence-electron chi connectivity index (χ1n) is 7.88. The Bertz CT molecular complexity index is 948. The summed E-state index contributed by atoms with van der Waals surface area (Å²) < 4.78 is 20.1. The number of aromatic nitrogens is 4. The molecule has 1 aliphatic heterocycles. The number of nitrogens with zero attached hydrogens (tertiary/aromatic N) is 4. The minimum absolute atomic E-state index is 0.111. The molecule has 1 aliphatic rings. The van der Waals surface area contributed by atoms with Gasteiger partial charge in [-0.1, -0.05) is 0 Å². The molecule has 3 aromatic rings. The van der Waals surface area contributed by atoms with E-state index in [-0.39, 0.29) is 23.1 Å². The van der Waals surface area contributed by atoms with Crippen molar-refractivity contribution in [3.63, 3.8) is 0 Å². The van der Waals surface area contributed by atoms with E-state index >= 15 is 0 Å². The second-order valence-corrected chi connectivity index (χ2v) is 5.99. The Morgan fingerprint density at radius 3 is 2.54 bits per heavy atom. The van der Waals surface area contributed by atoms with Crippen molar-refractivity contribution >= 4 is 17.0 Å². The molecule has 1 saturated heterocycles. The number of fused-ring (bicyclic) bond motifs is 1. The number of ether oxygens (including phenoxy) is 1. The third kappa shape index (κ3) is 2.59. The molecule has 9 nitrogen and oxygen atoms in total. The fourth-order valence-electron chi connectivity index (χ4n) is 2.96.